The summed E-state index contributed by atoms with van der Waals surface area (Å²) in [6.07, 6.45) is 11.8. The van der Waals surface area contributed by atoms with Gasteiger partial charge in [0.2, 0.25) is 11.8 Å². The van der Waals surface area contributed by atoms with E-state index in [-0.39, 0.29) is 5.41 Å². The van der Waals surface area contributed by atoms with Gasteiger partial charge in [-0.25, -0.2) is 0 Å². The number of nitrogens with zero attached hydrogens (tertiary/aromatic N) is 2. The number of methoxy groups -OCH3 is 1. The molecule has 4 saturated carbocycles. The SMILES string of the molecule is COc1ccc(/C=C\c2nnc(C34CC5CC(CC(C5)C3)C4)o2)cc1COc1ccc(Br)cc1. The van der Waals surface area contributed by atoms with Crippen LogP contribution in [0, 0.1) is 17.8 Å². The molecule has 0 aliphatic heterocycles. The van der Waals surface area contributed by atoms with Crippen LogP contribution >= 0.6 is 15.9 Å². The third-order valence-electron chi connectivity index (χ3n) is 7.86. The molecule has 1 heterocycles. The normalized spacial score (nSPS) is 27.4. The van der Waals surface area contributed by atoms with E-state index >= 15 is 0 Å². The zero-order valence-electron chi connectivity index (χ0n) is 19.4. The second-order valence-corrected chi connectivity index (χ2v) is 11.2. The van der Waals surface area contributed by atoms with Crippen molar-refractivity contribution in [1.29, 1.82) is 0 Å². The summed E-state index contributed by atoms with van der Waals surface area (Å²) in [5.74, 6) is 5.63. The first-order chi connectivity index (χ1) is 16.6. The number of aromatic nitrogens is 2. The van der Waals surface area contributed by atoms with Crippen LogP contribution in [-0.2, 0) is 12.0 Å². The Bertz CT molecular complexity index is 1170. The van der Waals surface area contributed by atoms with E-state index in [1.54, 1.807) is 7.11 Å². The average Bonchev–Trinajstić information content (AvgIpc) is 3.32. The Kier molecular flexibility index (Phi) is 5.72. The van der Waals surface area contributed by atoms with Gasteiger partial charge in [0.15, 0.2) is 0 Å². The molecule has 0 radical (unpaired) electrons. The Morgan fingerprint density at radius 2 is 1.68 bits per heavy atom. The van der Waals surface area contributed by atoms with Crippen molar-refractivity contribution >= 4 is 28.1 Å². The van der Waals surface area contributed by atoms with Gasteiger partial charge in [-0.3, -0.25) is 0 Å². The highest BCUT2D eigenvalue weighted by Crippen LogP contribution is 2.60. The van der Waals surface area contributed by atoms with Gasteiger partial charge in [-0.1, -0.05) is 22.0 Å². The van der Waals surface area contributed by atoms with Crippen molar-refractivity contribution in [2.75, 3.05) is 7.11 Å². The highest BCUT2D eigenvalue weighted by Gasteiger charge is 2.54. The minimum Gasteiger partial charge on any atom is -0.496 e. The molecule has 0 saturated heterocycles. The van der Waals surface area contributed by atoms with E-state index in [0.29, 0.717) is 12.5 Å². The van der Waals surface area contributed by atoms with E-state index in [1.165, 1.54) is 38.5 Å². The van der Waals surface area contributed by atoms with Crippen molar-refractivity contribution in [3.63, 3.8) is 0 Å². The third kappa shape index (κ3) is 4.28. The third-order valence-corrected chi connectivity index (χ3v) is 8.39. The number of ether oxygens (including phenoxy) is 2. The molecule has 4 bridgehead atoms. The van der Waals surface area contributed by atoms with E-state index in [1.807, 2.05) is 48.6 Å². The first kappa shape index (κ1) is 21.9. The van der Waals surface area contributed by atoms with Gasteiger partial charge in [-0.2, -0.15) is 0 Å². The second kappa shape index (κ2) is 8.88. The molecule has 4 fully saturated rings. The molecular formula is C28H29BrN2O3. The lowest BCUT2D eigenvalue weighted by molar-refractivity contribution is -0.0179. The van der Waals surface area contributed by atoms with E-state index < -0.39 is 0 Å². The van der Waals surface area contributed by atoms with Gasteiger partial charge in [-0.15, -0.1) is 10.2 Å². The fourth-order valence-corrected chi connectivity index (χ4v) is 7.03. The Morgan fingerprint density at radius 1 is 0.971 bits per heavy atom. The molecule has 7 rings (SSSR count). The molecular weight excluding hydrogens is 492 g/mol. The van der Waals surface area contributed by atoms with Crippen LogP contribution in [0.15, 0.2) is 51.4 Å². The minimum atomic E-state index is 0.130. The lowest BCUT2D eigenvalue weighted by atomic mass is 9.49. The van der Waals surface area contributed by atoms with E-state index in [9.17, 15) is 0 Å². The molecule has 0 spiro atoms. The summed E-state index contributed by atoms with van der Waals surface area (Å²) >= 11 is 3.45. The lowest BCUT2D eigenvalue weighted by Crippen LogP contribution is -2.48. The summed E-state index contributed by atoms with van der Waals surface area (Å²) in [6.45, 7) is 0.420. The molecule has 4 aliphatic rings. The maximum absolute atomic E-state index is 6.22. The summed E-state index contributed by atoms with van der Waals surface area (Å²) in [7, 11) is 1.68. The van der Waals surface area contributed by atoms with Gasteiger partial charge >= 0.3 is 0 Å². The summed E-state index contributed by atoms with van der Waals surface area (Å²) in [4.78, 5) is 0. The Morgan fingerprint density at radius 3 is 2.35 bits per heavy atom. The van der Waals surface area contributed by atoms with Gasteiger partial charge < -0.3 is 13.9 Å². The quantitative estimate of drug-likeness (QED) is 0.333. The van der Waals surface area contributed by atoms with E-state index in [2.05, 4.69) is 32.2 Å². The zero-order valence-corrected chi connectivity index (χ0v) is 21.0. The number of rotatable bonds is 7. The van der Waals surface area contributed by atoms with Crippen LogP contribution in [0.4, 0.5) is 0 Å². The van der Waals surface area contributed by atoms with Crippen LogP contribution in [0.5, 0.6) is 11.5 Å². The van der Waals surface area contributed by atoms with Gasteiger partial charge in [0.1, 0.15) is 18.1 Å². The maximum Gasteiger partial charge on any atom is 0.240 e. The molecule has 2 aromatic carbocycles. The van der Waals surface area contributed by atoms with Crippen molar-refractivity contribution in [3.8, 4) is 11.5 Å². The molecule has 0 amide bonds. The van der Waals surface area contributed by atoms with Crippen LogP contribution in [0.1, 0.15) is 61.4 Å². The number of benzene rings is 2. The number of hydrogen-bond donors (Lipinski definition) is 0. The molecule has 176 valence electrons. The number of hydrogen-bond acceptors (Lipinski definition) is 5. The first-order valence-electron chi connectivity index (χ1n) is 12.2. The zero-order chi connectivity index (χ0) is 23.1. The van der Waals surface area contributed by atoms with Crippen molar-refractivity contribution < 1.29 is 13.9 Å². The highest BCUT2D eigenvalue weighted by molar-refractivity contribution is 9.10. The predicted octanol–water partition coefficient (Wildman–Crippen LogP) is 7.06. The largest absolute Gasteiger partial charge is 0.496 e. The van der Waals surface area contributed by atoms with Gasteiger partial charge in [0.25, 0.3) is 0 Å². The Balaban J connectivity index is 1.17. The van der Waals surface area contributed by atoms with Crippen molar-refractivity contribution in [2.45, 2.75) is 50.5 Å². The monoisotopic (exact) mass is 520 g/mol. The summed E-state index contributed by atoms with van der Waals surface area (Å²) < 4.78 is 18.7. The molecule has 5 nitrogen and oxygen atoms in total. The number of halogens is 1. The standard InChI is InChI=1S/C28H29BrN2O3/c1-32-25-8-2-18(13-22(25)17-33-24-6-4-23(29)5-7-24)3-9-26-30-31-27(34-26)28-14-19-10-20(15-28)12-21(11-19)16-28/h2-9,13,19-21H,10-12,14-17H2,1H3/b9-3-. The van der Waals surface area contributed by atoms with Crippen LogP contribution in [0.25, 0.3) is 12.2 Å². The second-order valence-electron chi connectivity index (χ2n) is 10.3. The van der Waals surface area contributed by atoms with E-state index in [0.717, 1.165) is 50.7 Å². The summed E-state index contributed by atoms with van der Waals surface area (Å²) in [5, 5.41) is 8.89. The topological polar surface area (TPSA) is 57.4 Å². The van der Waals surface area contributed by atoms with Crippen LogP contribution < -0.4 is 9.47 Å². The van der Waals surface area contributed by atoms with E-state index in [4.69, 9.17) is 13.9 Å². The molecule has 3 aromatic rings. The molecule has 34 heavy (non-hydrogen) atoms. The molecule has 0 N–H and O–H groups in total. The average molecular weight is 521 g/mol. The maximum atomic E-state index is 6.22. The highest BCUT2D eigenvalue weighted by atomic mass is 79.9. The molecule has 4 aliphatic carbocycles. The summed E-state index contributed by atoms with van der Waals surface area (Å²) in [5.41, 5.74) is 2.14. The lowest BCUT2D eigenvalue weighted by Gasteiger charge is -2.55. The van der Waals surface area contributed by atoms with Gasteiger partial charge in [-0.05, 0) is 104 Å². The first-order valence-corrected chi connectivity index (χ1v) is 13.0. The fourth-order valence-electron chi connectivity index (χ4n) is 6.76. The smallest absolute Gasteiger partial charge is 0.240 e. The predicted molar refractivity (Wildman–Crippen MR) is 135 cm³/mol. The molecule has 6 heteroatoms. The van der Waals surface area contributed by atoms with Crippen LogP contribution in [0.3, 0.4) is 0 Å². The molecule has 0 unspecified atom stereocenters. The van der Waals surface area contributed by atoms with Crippen molar-refractivity contribution in [1.82, 2.24) is 10.2 Å². The van der Waals surface area contributed by atoms with Gasteiger partial charge in [0, 0.05) is 21.5 Å². The Labute approximate surface area is 208 Å². The fraction of sp³-hybridized carbons (Fsp3) is 0.429. The van der Waals surface area contributed by atoms with Gasteiger partial charge in [0.05, 0.1) is 7.11 Å². The van der Waals surface area contributed by atoms with Crippen LogP contribution in [0.2, 0.25) is 0 Å². The van der Waals surface area contributed by atoms with Crippen molar-refractivity contribution in [2.24, 2.45) is 17.8 Å². The molecule has 1 aromatic heterocycles. The Hall–Kier alpha value is -2.60. The molecule has 0 atom stereocenters. The summed E-state index contributed by atoms with van der Waals surface area (Å²) in [6, 6.07) is 13.9. The minimum absolute atomic E-state index is 0.130. The van der Waals surface area contributed by atoms with Crippen molar-refractivity contribution in [3.05, 3.63) is 69.8 Å². The van der Waals surface area contributed by atoms with Crippen LogP contribution in [-0.4, -0.2) is 17.3 Å².